The number of aryl methyl sites for hydroxylation is 1. The molecule has 2 heterocycles. The molecule has 120 valence electrons. The zero-order valence-corrected chi connectivity index (χ0v) is 12.8. The van der Waals surface area contributed by atoms with E-state index in [0.29, 0.717) is 24.7 Å². The molecule has 2 aromatic rings. The minimum absolute atomic E-state index is 0.0664. The van der Waals surface area contributed by atoms with Gasteiger partial charge in [0.1, 0.15) is 11.9 Å². The van der Waals surface area contributed by atoms with E-state index in [1.807, 2.05) is 25.1 Å². The quantitative estimate of drug-likeness (QED) is 0.946. The third kappa shape index (κ3) is 3.97. The number of anilines is 1. The van der Waals surface area contributed by atoms with Crippen molar-refractivity contribution in [1.82, 2.24) is 9.88 Å². The van der Waals surface area contributed by atoms with E-state index in [2.05, 4.69) is 10.3 Å². The lowest BCUT2D eigenvalue weighted by atomic mass is 10.3. The van der Waals surface area contributed by atoms with E-state index in [0.717, 1.165) is 12.1 Å². The van der Waals surface area contributed by atoms with Gasteiger partial charge in [-0.1, -0.05) is 6.07 Å². The Labute approximate surface area is 134 Å². The van der Waals surface area contributed by atoms with E-state index < -0.39 is 0 Å². The highest BCUT2D eigenvalue weighted by atomic mass is 19.1. The van der Waals surface area contributed by atoms with Crippen molar-refractivity contribution in [1.29, 1.82) is 0 Å². The van der Waals surface area contributed by atoms with Crippen LogP contribution >= 0.6 is 0 Å². The molecule has 1 aromatic heterocycles. The maximum absolute atomic E-state index is 12.9. The molecule has 1 aliphatic rings. The molecule has 0 radical (unpaired) electrons. The molecule has 1 saturated heterocycles. The van der Waals surface area contributed by atoms with Crippen molar-refractivity contribution in [3.63, 3.8) is 0 Å². The highest BCUT2D eigenvalue weighted by molar-refractivity contribution is 5.89. The summed E-state index contributed by atoms with van der Waals surface area (Å²) in [6.45, 7) is 3.02. The predicted octanol–water partition coefficient (Wildman–Crippen LogP) is 3.21. The van der Waals surface area contributed by atoms with Crippen LogP contribution in [0, 0.1) is 12.7 Å². The Bertz CT molecular complexity index is 690. The van der Waals surface area contributed by atoms with Crippen molar-refractivity contribution in [3.05, 3.63) is 54.0 Å². The molecule has 3 rings (SSSR count). The van der Waals surface area contributed by atoms with Gasteiger partial charge >= 0.3 is 6.03 Å². The van der Waals surface area contributed by atoms with Crippen molar-refractivity contribution >= 4 is 11.7 Å². The minimum Gasteiger partial charge on any atom is -0.472 e. The number of hydrogen-bond acceptors (Lipinski definition) is 3. The molecule has 1 aliphatic heterocycles. The van der Waals surface area contributed by atoms with Crippen LogP contribution in [0.2, 0.25) is 0 Å². The molecule has 0 aliphatic carbocycles. The first-order chi connectivity index (χ1) is 11.1. The molecule has 1 atom stereocenters. The topological polar surface area (TPSA) is 54.5 Å². The van der Waals surface area contributed by atoms with Gasteiger partial charge in [-0.25, -0.2) is 14.2 Å². The molecular weight excluding hydrogens is 297 g/mol. The lowest BCUT2D eigenvalue weighted by molar-refractivity contribution is 0.189. The van der Waals surface area contributed by atoms with E-state index in [1.54, 1.807) is 4.90 Å². The van der Waals surface area contributed by atoms with Crippen LogP contribution < -0.4 is 10.1 Å². The van der Waals surface area contributed by atoms with E-state index in [4.69, 9.17) is 4.74 Å². The number of ether oxygens (including phenoxy) is 1. The fourth-order valence-corrected chi connectivity index (χ4v) is 2.50. The number of pyridine rings is 1. The van der Waals surface area contributed by atoms with Crippen molar-refractivity contribution in [3.8, 4) is 5.88 Å². The summed E-state index contributed by atoms with van der Waals surface area (Å²) in [5, 5.41) is 2.75. The Morgan fingerprint density at radius 3 is 2.83 bits per heavy atom. The van der Waals surface area contributed by atoms with Crippen LogP contribution in [0.3, 0.4) is 0 Å². The average Bonchev–Trinajstić information content (AvgIpc) is 2.98. The van der Waals surface area contributed by atoms with E-state index in [-0.39, 0.29) is 18.0 Å². The third-order valence-electron chi connectivity index (χ3n) is 3.68. The van der Waals surface area contributed by atoms with E-state index in [1.165, 1.54) is 24.3 Å². The van der Waals surface area contributed by atoms with Gasteiger partial charge in [-0.15, -0.1) is 0 Å². The molecule has 0 spiro atoms. The third-order valence-corrected chi connectivity index (χ3v) is 3.68. The molecule has 0 saturated carbocycles. The summed E-state index contributed by atoms with van der Waals surface area (Å²) >= 11 is 0. The SMILES string of the molecule is Cc1cccc(O[C@@H]2CCN(C(=O)Nc3ccc(F)cc3)C2)n1. The summed E-state index contributed by atoms with van der Waals surface area (Å²) in [7, 11) is 0. The van der Waals surface area contributed by atoms with Gasteiger partial charge < -0.3 is 15.0 Å². The van der Waals surface area contributed by atoms with Crippen LogP contribution in [0.5, 0.6) is 5.88 Å². The number of nitrogens with one attached hydrogen (secondary N) is 1. The molecule has 1 aromatic carbocycles. The number of halogens is 1. The second-order valence-corrected chi connectivity index (χ2v) is 5.53. The molecule has 1 N–H and O–H groups in total. The number of likely N-dealkylation sites (tertiary alicyclic amines) is 1. The molecule has 23 heavy (non-hydrogen) atoms. The highest BCUT2D eigenvalue weighted by Gasteiger charge is 2.28. The van der Waals surface area contributed by atoms with E-state index >= 15 is 0 Å². The number of benzene rings is 1. The Morgan fingerprint density at radius 1 is 1.30 bits per heavy atom. The van der Waals surface area contributed by atoms with Gasteiger partial charge in [0.15, 0.2) is 0 Å². The summed E-state index contributed by atoms with van der Waals surface area (Å²) in [6.07, 6.45) is 0.690. The lowest BCUT2D eigenvalue weighted by Gasteiger charge is -2.17. The fourth-order valence-electron chi connectivity index (χ4n) is 2.50. The van der Waals surface area contributed by atoms with Gasteiger partial charge in [0, 0.05) is 30.4 Å². The number of aromatic nitrogens is 1. The molecule has 1 fully saturated rings. The largest absolute Gasteiger partial charge is 0.472 e. The second kappa shape index (κ2) is 6.64. The summed E-state index contributed by atoms with van der Waals surface area (Å²) in [6, 6.07) is 11.1. The van der Waals surface area contributed by atoms with Crippen molar-refractivity contribution in [2.24, 2.45) is 0 Å². The Balaban J connectivity index is 1.54. The summed E-state index contributed by atoms with van der Waals surface area (Å²) < 4.78 is 18.7. The molecule has 0 bridgehead atoms. The van der Waals surface area contributed by atoms with Crippen LogP contribution in [-0.4, -0.2) is 35.1 Å². The van der Waals surface area contributed by atoms with Gasteiger partial charge in [-0.05, 0) is 37.3 Å². The van der Waals surface area contributed by atoms with Gasteiger partial charge in [0.25, 0.3) is 0 Å². The van der Waals surface area contributed by atoms with E-state index in [9.17, 15) is 9.18 Å². The number of nitrogens with zero attached hydrogens (tertiary/aromatic N) is 2. The first kappa shape index (κ1) is 15.3. The molecule has 6 heteroatoms. The molecule has 2 amide bonds. The van der Waals surface area contributed by atoms with Crippen molar-refractivity contribution in [2.45, 2.75) is 19.4 Å². The standard InChI is InChI=1S/C17H18FN3O2/c1-12-3-2-4-16(19-12)23-15-9-10-21(11-15)17(22)20-14-7-5-13(18)6-8-14/h2-8,15H,9-11H2,1H3,(H,20,22)/t15-/m1/s1. The zero-order valence-electron chi connectivity index (χ0n) is 12.8. The normalized spacial score (nSPS) is 17.1. The lowest BCUT2D eigenvalue weighted by Crippen LogP contribution is -2.34. The molecular formula is C17H18FN3O2. The Kier molecular flexibility index (Phi) is 4.41. The average molecular weight is 315 g/mol. The summed E-state index contributed by atoms with van der Waals surface area (Å²) in [5.41, 5.74) is 1.47. The van der Waals surface area contributed by atoms with Gasteiger partial charge in [-0.2, -0.15) is 0 Å². The minimum atomic E-state index is -0.330. The Morgan fingerprint density at radius 2 is 2.09 bits per heavy atom. The fraction of sp³-hybridized carbons (Fsp3) is 0.294. The van der Waals surface area contributed by atoms with Crippen LogP contribution in [-0.2, 0) is 0 Å². The maximum Gasteiger partial charge on any atom is 0.321 e. The maximum atomic E-state index is 12.9. The first-order valence-electron chi connectivity index (χ1n) is 7.52. The summed E-state index contributed by atoms with van der Waals surface area (Å²) in [4.78, 5) is 18.2. The molecule has 0 unspecified atom stereocenters. The molecule has 5 nitrogen and oxygen atoms in total. The van der Waals surface area contributed by atoms with Crippen molar-refractivity contribution < 1.29 is 13.9 Å². The first-order valence-corrected chi connectivity index (χ1v) is 7.52. The number of urea groups is 1. The van der Waals surface area contributed by atoms with Crippen LogP contribution in [0.15, 0.2) is 42.5 Å². The second-order valence-electron chi connectivity index (χ2n) is 5.53. The Hall–Kier alpha value is -2.63. The number of rotatable bonds is 3. The monoisotopic (exact) mass is 315 g/mol. The number of hydrogen-bond donors (Lipinski definition) is 1. The summed E-state index contributed by atoms with van der Waals surface area (Å²) in [5.74, 6) is 0.249. The van der Waals surface area contributed by atoms with Gasteiger partial charge in [0.05, 0.1) is 6.54 Å². The van der Waals surface area contributed by atoms with Crippen LogP contribution in [0.4, 0.5) is 14.9 Å². The zero-order chi connectivity index (χ0) is 16.2. The number of carbonyl (C=O) groups excluding carboxylic acids is 1. The van der Waals surface area contributed by atoms with Gasteiger partial charge in [0.2, 0.25) is 5.88 Å². The predicted molar refractivity (Wildman–Crippen MR) is 85.0 cm³/mol. The smallest absolute Gasteiger partial charge is 0.321 e. The van der Waals surface area contributed by atoms with Crippen LogP contribution in [0.1, 0.15) is 12.1 Å². The van der Waals surface area contributed by atoms with Crippen molar-refractivity contribution in [2.75, 3.05) is 18.4 Å². The van der Waals surface area contributed by atoms with Crippen LogP contribution in [0.25, 0.3) is 0 Å². The number of carbonyl (C=O) groups is 1. The number of amides is 2. The highest BCUT2D eigenvalue weighted by Crippen LogP contribution is 2.18. The van der Waals surface area contributed by atoms with Gasteiger partial charge in [-0.3, -0.25) is 0 Å².